The Hall–Kier alpha value is -2.15. The van der Waals surface area contributed by atoms with Gasteiger partial charge in [0.1, 0.15) is 5.82 Å². The van der Waals surface area contributed by atoms with Gasteiger partial charge in [-0.2, -0.15) is 0 Å². The first-order chi connectivity index (χ1) is 9.31. The molecule has 0 fully saturated rings. The van der Waals surface area contributed by atoms with Crippen LogP contribution in [0, 0.1) is 5.82 Å². The Morgan fingerprint density at radius 3 is 2.05 bits per heavy atom. The van der Waals surface area contributed by atoms with Crippen LogP contribution >= 0.6 is 0 Å². The molecule has 0 aliphatic heterocycles. The Morgan fingerprint density at radius 2 is 1.26 bits per heavy atom. The van der Waals surface area contributed by atoms with Gasteiger partial charge in [0.25, 0.3) is 0 Å². The van der Waals surface area contributed by atoms with Crippen LogP contribution in [0.3, 0.4) is 0 Å². The molecule has 0 saturated heterocycles. The van der Waals surface area contributed by atoms with E-state index in [0.29, 0.717) is 0 Å². The summed E-state index contributed by atoms with van der Waals surface area (Å²) in [5.41, 5.74) is 2.50. The molecule has 0 aromatic heterocycles. The molecular weight excluding hydrogens is 235 g/mol. The molecule has 0 unspecified atom stereocenters. The standard InChI is InChI=1S/C18H15F/c19-18-11-8-14(9-12-18)5-6-15-7-10-16-3-1-2-4-17(16)13-15/h1-4,7-13H,5-6H2. The third-order valence-corrected chi connectivity index (χ3v) is 3.43. The molecule has 0 radical (unpaired) electrons. The van der Waals surface area contributed by atoms with Gasteiger partial charge in [-0.05, 0) is 46.9 Å². The fraction of sp³-hybridized carbons (Fsp3) is 0.111. The van der Waals surface area contributed by atoms with Crippen LogP contribution in [0.5, 0.6) is 0 Å². The van der Waals surface area contributed by atoms with Gasteiger partial charge in [-0.1, -0.05) is 54.6 Å². The van der Waals surface area contributed by atoms with Crippen molar-refractivity contribution < 1.29 is 4.39 Å². The van der Waals surface area contributed by atoms with Crippen molar-refractivity contribution in [2.45, 2.75) is 12.8 Å². The van der Waals surface area contributed by atoms with Gasteiger partial charge in [0, 0.05) is 0 Å². The van der Waals surface area contributed by atoms with Crippen LogP contribution in [0.4, 0.5) is 4.39 Å². The van der Waals surface area contributed by atoms with Crippen molar-refractivity contribution in [3.63, 3.8) is 0 Å². The molecule has 0 spiro atoms. The van der Waals surface area contributed by atoms with Crippen molar-refractivity contribution in [2.75, 3.05) is 0 Å². The minimum absolute atomic E-state index is 0.172. The monoisotopic (exact) mass is 250 g/mol. The number of fused-ring (bicyclic) bond motifs is 1. The lowest BCUT2D eigenvalue weighted by Gasteiger charge is -2.04. The molecule has 3 aromatic rings. The van der Waals surface area contributed by atoms with Crippen molar-refractivity contribution in [1.29, 1.82) is 0 Å². The molecule has 0 saturated carbocycles. The number of benzene rings is 3. The summed E-state index contributed by atoms with van der Waals surface area (Å²) in [7, 11) is 0. The molecular formula is C18H15F. The van der Waals surface area contributed by atoms with E-state index in [9.17, 15) is 4.39 Å². The second-order valence-electron chi connectivity index (χ2n) is 4.81. The Kier molecular flexibility index (Phi) is 3.28. The van der Waals surface area contributed by atoms with E-state index >= 15 is 0 Å². The molecule has 0 nitrogen and oxygen atoms in total. The van der Waals surface area contributed by atoms with Crippen molar-refractivity contribution >= 4 is 10.8 Å². The normalized spacial score (nSPS) is 10.8. The topological polar surface area (TPSA) is 0 Å². The molecule has 3 rings (SSSR count). The predicted molar refractivity (Wildman–Crippen MR) is 77.8 cm³/mol. The number of halogens is 1. The molecule has 0 amide bonds. The fourth-order valence-corrected chi connectivity index (χ4v) is 2.33. The maximum atomic E-state index is 12.8. The first-order valence-electron chi connectivity index (χ1n) is 6.53. The zero-order valence-electron chi connectivity index (χ0n) is 10.6. The maximum absolute atomic E-state index is 12.8. The zero-order valence-corrected chi connectivity index (χ0v) is 10.6. The summed E-state index contributed by atoms with van der Waals surface area (Å²) >= 11 is 0. The van der Waals surface area contributed by atoms with Crippen molar-refractivity contribution in [3.05, 3.63) is 83.7 Å². The van der Waals surface area contributed by atoms with Gasteiger partial charge < -0.3 is 0 Å². The Morgan fingerprint density at radius 1 is 0.632 bits per heavy atom. The third kappa shape index (κ3) is 2.82. The first-order valence-corrected chi connectivity index (χ1v) is 6.53. The van der Waals surface area contributed by atoms with E-state index in [2.05, 4.69) is 42.5 Å². The molecule has 0 aliphatic carbocycles. The highest BCUT2D eigenvalue weighted by Crippen LogP contribution is 2.17. The van der Waals surface area contributed by atoms with Crippen LogP contribution in [0.25, 0.3) is 10.8 Å². The lowest BCUT2D eigenvalue weighted by Crippen LogP contribution is -1.91. The molecule has 1 heteroatoms. The van der Waals surface area contributed by atoms with Crippen molar-refractivity contribution in [3.8, 4) is 0 Å². The number of hydrogen-bond acceptors (Lipinski definition) is 0. The lowest BCUT2D eigenvalue weighted by atomic mass is 10.0. The van der Waals surface area contributed by atoms with Crippen LogP contribution in [0.2, 0.25) is 0 Å². The van der Waals surface area contributed by atoms with E-state index in [0.717, 1.165) is 12.8 Å². The van der Waals surface area contributed by atoms with Crippen LogP contribution in [0.1, 0.15) is 11.1 Å². The fourth-order valence-electron chi connectivity index (χ4n) is 2.33. The Bertz CT molecular complexity index is 683. The van der Waals surface area contributed by atoms with Gasteiger partial charge >= 0.3 is 0 Å². The van der Waals surface area contributed by atoms with E-state index < -0.39 is 0 Å². The van der Waals surface area contributed by atoms with E-state index in [1.54, 1.807) is 0 Å². The average molecular weight is 250 g/mol. The van der Waals surface area contributed by atoms with Crippen LogP contribution in [0.15, 0.2) is 66.7 Å². The van der Waals surface area contributed by atoms with E-state index in [4.69, 9.17) is 0 Å². The first kappa shape index (κ1) is 11.9. The van der Waals surface area contributed by atoms with Crippen LogP contribution in [-0.4, -0.2) is 0 Å². The second kappa shape index (κ2) is 5.23. The van der Waals surface area contributed by atoms with Crippen LogP contribution < -0.4 is 0 Å². The van der Waals surface area contributed by atoms with Gasteiger partial charge in [0.15, 0.2) is 0 Å². The van der Waals surface area contributed by atoms with E-state index in [1.165, 1.54) is 34.0 Å². The van der Waals surface area contributed by atoms with Gasteiger partial charge in [-0.25, -0.2) is 4.39 Å². The van der Waals surface area contributed by atoms with E-state index in [1.807, 2.05) is 12.1 Å². The Balaban J connectivity index is 1.76. The summed E-state index contributed by atoms with van der Waals surface area (Å²) in [6.07, 6.45) is 1.93. The molecule has 0 aliphatic rings. The molecule has 0 bridgehead atoms. The maximum Gasteiger partial charge on any atom is 0.123 e. The van der Waals surface area contributed by atoms with Crippen molar-refractivity contribution in [1.82, 2.24) is 0 Å². The van der Waals surface area contributed by atoms with Gasteiger partial charge in [-0.15, -0.1) is 0 Å². The minimum atomic E-state index is -0.172. The quantitative estimate of drug-likeness (QED) is 0.628. The van der Waals surface area contributed by atoms with Crippen LogP contribution in [-0.2, 0) is 12.8 Å². The second-order valence-corrected chi connectivity index (χ2v) is 4.81. The molecule has 94 valence electrons. The summed E-state index contributed by atoms with van der Waals surface area (Å²) in [5, 5.41) is 2.55. The highest BCUT2D eigenvalue weighted by molar-refractivity contribution is 5.82. The molecule has 19 heavy (non-hydrogen) atoms. The zero-order chi connectivity index (χ0) is 13.1. The summed E-state index contributed by atoms with van der Waals surface area (Å²) in [5.74, 6) is -0.172. The third-order valence-electron chi connectivity index (χ3n) is 3.43. The number of aryl methyl sites for hydroxylation is 2. The number of rotatable bonds is 3. The van der Waals surface area contributed by atoms with Gasteiger partial charge in [-0.3, -0.25) is 0 Å². The van der Waals surface area contributed by atoms with Gasteiger partial charge in [0.2, 0.25) is 0 Å². The minimum Gasteiger partial charge on any atom is -0.207 e. The number of hydrogen-bond donors (Lipinski definition) is 0. The highest BCUT2D eigenvalue weighted by atomic mass is 19.1. The summed E-state index contributed by atoms with van der Waals surface area (Å²) in [4.78, 5) is 0. The molecule has 0 atom stereocenters. The molecule has 0 N–H and O–H groups in total. The average Bonchev–Trinajstić information content (AvgIpc) is 2.46. The largest absolute Gasteiger partial charge is 0.207 e. The lowest BCUT2D eigenvalue weighted by molar-refractivity contribution is 0.627. The van der Waals surface area contributed by atoms with Gasteiger partial charge in [0.05, 0.1) is 0 Å². The smallest absolute Gasteiger partial charge is 0.123 e. The summed E-state index contributed by atoms with van der Waals surface area (Å²) in [6, 6.07) is 21.7. The molecule has 3 aromatic carbocycles. The summed E-state index contributed by atoms with van der Waals surface area (Å²) < 4.78 is 12.8. The Labute approximate surface area is 112 Å². The summed E-state index contributed by atoms with van der Waals surface area (Å²) in [6.45, 7) is 0. The highest BCUT2D eigenvalue weighted by Gasteiger charge is 1.98. The molecule has 0 heterocycles. The van der Waals surface area contributed by atoms with E-state index in [-0.39, 0.29) is 5.82 Å². The van der Waals surface area contributed by atoms with Crippen molar-refractivity contribution in [2.24, 2.45) is 0 Å². The SMILES string of the molecule is Fc1ccc(CCc2ccc3ccccc3c2)cc1. The predicted octanol–water partition coefficient (Wildman–Crippen LogP) is 4.76.